The van der Waals surface area contributed by atoms with Gasteiger partial charge >= 0.3 is 0 Å². The Labute approximate surface area is 83.3 Å². The van der Waals surface area contributed by atoms with E-state index in [1.54, 1.807) is 0 Å². The summed E-state index contributed by atoms with van der Waals surface area (Å²) in [7, 11) is 2.29. The molecule has 76 valence electrons. The summed E-state index contributed by atoms with van der Waals surface area (Å²) in [4.78, 5) is 0. The second-order valence-corrected chi connectivity index (χ2v) is 3.89. The van der Waals surface area contributed by atoms with E-state index in [2.05, 4.69) is 34.1 Å². The van der Waals surface area contributed by atoms with Crippen molar-refractivity contribution >= 4 is 0 Å². The summed E-state index contributed by atoms with van der Waals surface area (Å²) in [6.07, 6.45) is 6.49. The van der Waals surface area contributed by atoms with Crippen LogP contribution < -0.4 is 0 Å². The molecule has 0 aliphatic heterocycles. The van der Waals surface area contributed by atoms with Crippen LogP contribution in [0.5, 0.6) is 0 Å². The van der Waals surface area contributed by atoms with Crippen LogP contribution in [-0.4, -0.2) is 30.7 Å². The van der Waals surface area contributed by atoms with Crippen molar-refractivity contribution in [3.8, 4) is 0 Å². The minimum Gasteiger partial charge on any atom is -0.317 e. The van der Waals surface area contributed by atoms with E-state index < -0.39 is 0 Å². The third-order valence-electron chi connectivity index (χ3n) is 2.92. The summed E-state index contributed by atoms with van der Waals surface area (Å²) >= 11 is 0. The lowest BCUT2D eigenvalue weighted by Crippen LogP contribution is -2.51. The Morgan fingerprint density at radius 2 is 1.46 bits per heavy atom. The van der Waals surface area contributed by atoms with Crippen molar-refractivity contribution in [1.29, 1.82) is 0 Å². The van der Waals surface area contributed by atoms with Crippen molar-refractivity contribution < 1.29 is 4.48 Å². The summed E-state index contributed by atoms with van der Waals surface area (Å²) in [6, 6.07) is 0.732. The smallest absolute Gasteiger partial charge is 0.0973 e. The van der Waals surface area contributed by atoms with Crippen LogP contribution in [0.2, 0.25) is 0 Å². The topological polar surface area (TPSA) is 0 Å². The van der Waals surface area contributed by atoms with E-state index in [-0.39, 0.29) is 0 Å². The quantitative estimate of drug-likeness (QED) is 0.419. The standard InChI is InChI=1S/C12H24N/c1-6-10-13(5,11-7-2)12(8-3)9-4/h6-7,12H,1-2,8-11H2,3-5H3/q+1. The maximum Gasteiger partial charge on any atom is 0.0973 e. The Hall–Kier alpha value is -0.560. The first kappa shape index (κ1) is 12.4. The predicted octanol–water partition coefficient (Wildman–Crippen LogP) is 2.99. The zero-order valence-corrected chi connectivity index (χ0v) is 9.42. The van der Waals surface area contributed by atoms with Gasteiger partial charge in [-0.1, -0.05) is 27.0 Å². The molecule has 0 aliphatic carbocycles. The highest BCUT2D eigenvalue weighted by Gasteiger charge is 2.26. The molecule has 1 nitrogen and oxygen atoms in total. The van der Waals surface area contributed by atoms with Crippen LogP contribution in [0.1, 0.15) is 26.7 Å². The Morgan fingerprint density at radius 1 is 1.08 bits per heavy atom. The van der Waals surface area contributed by atoms with Crippen molar-refractivity contribution in [2.45, 2.75) is 32.7 Å². The zero-order chi connectivity index (χ0) is 10.3. The van der Waals surface area contributed by atoms with Crippen molar-refractivity contribution in [3.05, 3.63) is 25.3 Å². The molecule has 0 spiro atoms. The number of hydrogen-bond donors (Lipinski definition) is 0. The number of quaternary nitrogens is 1. The molecule has 0 N–H and O–H groups in total. The molecule has 1 heteroatoms. The highest BCUT2D eigenvalue weighted by Crippen LogP contribution is 2.16. The number of likely N-dealkylation sites (N-methyl/N-ethyl adjacent to an activating group) is 1. The van der Waals surface area contributed by atoms with Gasteiger partial charge in [0.2, 0.25) is 0 Å². The molecule has 0 unspecified atom stereocenters. The highest BCUT2D eigenvalue weighted by molar-refractivity contribution is 4.73. The van der Waals surface area contributed by atoms with E-state index >= 15 is 0 Å². The lowest BCUT2D eigenvalue weighted by atomic mass is 10.1. The first-order chi connectivity index (χ1) is 6.14. The van der Waals surface area contributed by atoms with Crippen LogP contribution in [0.25, 0.3) is 0 Å². The van der Waals surface area contributed by atoms with Gasteiger partial charge in [0.25, 0.3) is 0 Å². The van der Waals surface area contributed by atoms with E-state index in [1.807, 2.05) is 12.2 Å². The molecule has 0 amide bonds. The van der Waals surface area contributed by atoms with Gasteiger partial charge in [0.15, 0.2) is 0 Å². The molecule has 0 saturated carbocycles. The van der Waals surface area contributed by atoms with Crippen molar-refractivity contribution in [2.75, 3.05) is 20.1 Å². The van der Waals surface area contributed by atoms with Crippen LogP contribution >= 0.6 is 0 Å². The van der Waals surface area contributed by atoms with Crippen molar-refractivity contribution in [2.24, 2.45) is 0 Å². The fraction of sp³-hybridized carbons (Fsp3) is 0.667. The Balaban J connectivity index is 4.50. The minimum atomic E-state index is 0.732. The van der Waals surface area contributed by atoms with E-state index in [0.717, 1.165) is 23.6 Å². The first-order valence-corrected chi connectivity index (χ1v) is 5.20. The van der Waals surface area contributed by atoms with Crippen LogP contribution in [-0.2, 0) is 0 Å². The first-order valence-electron chi connectivity index (χ1n) is 5.20. The Kier molecular flexibility index (Phi) is 5.72. The second-order valence-electron chi connectivity index (χ2n) is 3.89. The van der Waals surface area contributed by atoms with E-state index in [4.69, 9.17) is 0 Å². The SMILES string of the molecule is C=CC[N+](C)(CC=C)C(CC)CC. The number of nitrogens with zero attached hydrogens (tertiary/aromatic N) is 1. The molecule has 0 saturated heterocycles. The molecule has 0 bridgehead atoms. The lowest BCUT2D eigenvalue weighted by Gasteiger charge is -2.39. The van der Waals surface area contributed by atoms with Gasteiger partial charge in [-0.05, 0) is 25.0 Å². The van der Waals surface area contributed by atoms with Crippen LogP contribution in [0.4, 0.5) is 0 Å². The summed E-state index contributed by atoms with van der Waals surface area (Å²) in [5.74, 6) is 0. The summed E-state index contributed by atoms with van der Waals surface area (Å²) < 4.78 is 1.06. The monoisotopic (exact) mass is 182 g/mol. The van der Waals surface area contributed by atoms with Crippen molar-refractivity contribution in [3.63, 3.8) is 0 Å². The second kappa shape index (κ2) is 5.98. The Bertz CT molecular complexity index is 147. The fourth-order valence-corrected chi connectivity index (χ4v) is 2.13. The van der Waals surface area contributed by atoms with Gasteiger partial charge in [-0.25, -0.2) is 0 Å². The summed E-state index contributed by atoms with van der Waals surface area (Å²) in [5, 5.41) is 0. The Morgan fingerprint density at radius 3 is 1.69 bits per heavy atom. The molecular weight excluding hydrogens is 158 g/mol. The molecule has 0 rings (SSSR count). The molecule has 13 heavy (non-hydrogen) atoms. The van der Waals surface area contributed by atoms with E-state index in [9.17, 15) is 0 Å². The molecule has 0 radical (unpaired) electrons. The molecule has 0 heterocycles. The van der Waals surface area contributed by atoms with Gasteiger partial charge in [0.05, 0.1) is 26.2 Å². The maximum atomic E-state index is 3.83. The molecule has 0 atom stereocenters. The van der Waals surface area contributed by atoms with E-state index in [0.29, 0.717) is 0 Å². The average molecular weight is 182 g/mol. The maximum absolute atomic E-state index is 3.83. The van der Waals surface area contributed by atoms with Gasteiger partial charge in [-0.3, -0.25) is 0 Å². The van der Waals surface area contributed by atoms with Crippen LogP contribution in [0.15, 0.2) is 25.3 Å². The van der Waals surface area contributed by atoms with Gasteiger partial charge in [0, 0.05) is 0 Å². The van der Waals surface area contributed by atoms with Gasteiger partial charge in [-0.2, -0.15) is 0 Å². The summed E-state index contributed by atoms with van der Waals surface area (Å²) in [6.45, 7) is 14.3. The molecule has 0 aromatic heterocycles. The third-order valence-corrected chi connectivity index (χ3v) is 2.92. The van der Waals surface area contributed by atoms with Crippen LogP contribution in [0, 0.1) is 0 Å². The number of hydrogen-bond acceptors (Lipinski definition) is 0. The molecular formula is C12H24N+. The van der Waals surface area contributed by atoms with Gasteiger partial charge < -0.3 is 4.48 Å². The lowest BCUT2D eigenvalue weighted by molar-refractivity contribution is -0.923. The molecule has 0 aromatic carbocycles. The molecule has 0 aromatic rings. The normalized spacial score (nSPS) is 11.7. The third kappa shape index (κ3) is 3.35. The average Bonchev–Trinajstić information content (AvgIpc) is 2.07. The number of rotatable bonds is 7. The van der Waals surface area contributed by atoms with E-state index in [1.165, 1.54) is 12.8 Å². The molecule has 0 fully saturated rings. The highest BCUT2D eigenvalue weighted by atomic mass is 15.3. The van der Waals surface area contributed by atoms with Gasteiger partial charge in [-0.15, -0.1) is 0 Å². The predicted molar refractivity (Wildman–Crippen MR) is 60.7 cm³/mol. The van der Waals surface area contributed by atoms with Crippen molar-refractivity contribution in [1.82, 2.24) is 0 Å². The fourth-order valence-electron chi connectivity index (χ4n) is 2.13. The largest absolute Gasteiger partial charge is 0.317 e. The van der Waals surface area contributed by atoms with Crippen LogP contribution in [0.3, 0.4) is 0 Å². The zero-order valence-electron chi connectivity index (χ0n) is 9.42. The van der Waals surface area contributed by atoms with Gasteiger partial charge in [0.1, 0.15) is 0 Å². The molecule has 0 aliphatic rings. The minimum absolute atomic E-state index is 0.732. The summed E-state index contributed by atoms with van der Waals surface area (Å²) in [5.41, 5.74) is 0.